The van der Waals surface area contributed by atoms with Gasteiger partial charge in [0.2, 0.25) is 0 Å². The zero-order valence-electron chi connectivity index (χ0n) is 11.8. The van der Waals surface area contributed by atoms with Crippen molar-refractivity contribution in [2.75, 3.05) is 5.32 Å². The molecule has 0 unspecified atom stereocenters. The topological polar surface area (TPSA) is 58.2 Å². The van der Waals surface area contributed by atoms with Gasteiger partial charge in [-0.15, -0.1) is 0 Å². The monoisotopic (exact) mass is 358 g/mol. The lowest BCUT2D eigenvalue weighted by Crippen LogP contribution is -2.25. The summed E-state index contributed by atoms with van der Waals surface area (Å²) in [7, 11) is 0. The molecule has 1 aliphatic rings. The summed E-state index contributed by atoms with van der Waals surface area (Å²) < 4.78 is 0.948. The van der Waals surface area contributed by atoms with Gasteiger partial charge in [0.1, 0.15) is 0 Å². The van der Waals surface area contributed by atoms with Crippen LogP contribution in [0.25, 0.3) is 0 Å². The van der Waals surface area contributed by atoms with Crippen LogP contribution < -0.4 is 10.6 Å². The van der Waals surface area contributed by atoms with Gasteiger partial charge in [0.05, 0.1) is 0 Å². The Hall–Kier alpha value is -2.14. The van der Waals surface area contributed by atoms with Gasteiger partial charge in [0.15, 0.2) is 0 Å². The first kappa shape index (κ1) is 14.8. The van der Waals surface area contributed by atoms with Crippen LogP contribution in [0.3, 0.4) is 0 Å². The number of amides is 2. The molecule has 0 saturated heterocycles. The molecule has 1 saturated carbocycles. The SMILES string of the molecule is O=C(Nc1ccc(Br)cc1)c1cccc(C(=O)NC2CC2)c1. The van der Waals surface area contributed by atoms with Crippen molar-refractivity contribution in [2.24, 2.45) is 0 Å². The van der Waals surface area contributed by atoms with E-state index in [1.807, 2.05) is 24.3 Å². The Labute approximate surface area is 137 Å². The Balaban J connectivity index is 1.71. The molecule has 4 nitrogen and oxygen atoms in total. The zero-order chi connectivity index (χ0) is 15.5. The molecule has 112 valence electrons. The minimum absolute atomic E-state index is 0.124. The van der Waals surface area contributed by atoms with E-state index in [4.69, 9.17) is 0 Å². The minimum atomic E-state index is -0.233. The molecule has 0 aliphatic heterocycles. The fourth-order valence-electron chi connectivity index (χ4n) is 2.03. The number of hydrogen-bond acceptors (Lipinski definition) is 2. The Morgan fingerprint density at radius 3 is 2.23 bits per heavy atom. The Kier molecular flexibility index (Phi) is 4.24. The zero-order valence-corrected chi connectivity index (χ0v) is 13.4. The maximum Gasteiger partial charge on any atom is 0.255 e. The third-order valence-corrected chi connectivity index (χ3v) is 3.93. The van der Waals surface area contributed by atoms with E-state index < -0.39 is 0 Å². The summed E-state index contributed by atoms with van der Waals surface area (Å²) in [6.45, 7) is 0. The van der Waals surface area contributed by atoms with E-state index in [1.54, 1.807) is 24.3 Å². The largest absolute Gasteiger partial charge is 0.349 e. The smallest absolute Gasteiger partial charge is 0.255 e. The highest BCUT2D eigenvalue weighted by Crippen LogP contribution is 2.20. The molecule has 3 rings (SSSR count). The first-order valence-electron chi connectivity index (χ1n) is 7.10. The fourth-order valence-corrected chi connectivity index (χ4v) is 2.30. The van der Waals surface area contributed by atoms with Crippen LogP contribution in [-0.4, -0.2) is 17.9 Å². The average Bonchev–Trinajstić information content (AvgIpc) is 3.33. The number of nitrogens with one attached hydrogen (secondary N) is 2. The summed E-state index contributed by atoms with van der Waals surface area (Å²) in [5.74, 6) is -0.357. The lowest BCUT2D eigenvalue weighted by molar-refractivity contribution is 0.0951. The van der Waals surface area contributed by atoms with E-state index in [-0.39, 0.29) is 11.8 Å². The Morgan fingerprint density at radius 2 is 1.59 bits per heavy atom. The van der Waals surface area contributed by atoms with Gasteiger partial charge in [-0.1, -0.05) is 22.0 Å². The van der Waals surface area contributed by atoms with Gasteiger partial charge in [-0.3, -0.25) is 9.59 Å². The van der Waals surface area contributed by atoms with E-state index >= 15 is 0 Å². The van der Waals surface area contributed by atoms with Crippen molar-refractivity contribution in [3.63, 3.8) is 0 Å². The van der Waals surface area contributed by atoms with Crippen LogP contribution in [0, 0.1) is 0 Å². The molecule has 0 heterocycles. The lowest BCUT2D eigenvalue weighted by atomic mass is 10.1. The van der Waals surface area contributed by atoms with Gasteiger partial charge in [0.25, 0.3) is 11.8 Å². The molecule has 1 fully saturated rings. The number of carbonyl (C=O) groups is 2. The summed E-state index contributed by atoms with van der Waals surface area (Å²) in [4.78, 5) is 24.3. The number of halogens is 1. The normalized spacial score (nSPS) is 13.5. The van der Waals surface area contributed by atoms with Crippen LogP contribution in [0.4, 0.5) is 5.69 Å². The van der Waals surface area contributed by atoms with E-state index in [1.165, 1.54) is 0 Å². The second-order valence-electron chi connectivity index (χ2n) is 5.29. The summed E-state index contributed by atoms with van der Waals surface area (Å²) in [6.07, 6.45) is 2.07. The molecular weight excluding hydrogens is 344 g/mol. The van der Waals surface area contributed by atoms with Gasteiger partial charge in [0, 0.05) is 27.3 Å². The first-order valence-corrected chi connectivity index (χ1v) is 7.89. The standard InChI is InChI=1S/C17H15BrN2O2/c18-13-4-6-14(7-5-13)19-16(21)11-2-1-3-12(10-11)17(22)20-15-8-9-15/h1-7,10,15H,8-9H2,(H,19,21)(H,20,22). The first-order chi connectivity index (χ1) is 10.6. The van der Waals surface area contributed by atoms with Gasteiger partial charge in [-0.2, -0.15) is 0 Å². The van der Waals surface area contributed by atoms with Crippen molar-refractivity contribution in [3.05, 3.63) is 64.1 Å². The van der Waals surface area contributed by atoms with Crippen LogP contribution in [-0.2, 0) is 0 Å². The van der Waals surface area contributed by atoms with Crippen LogP contribution in [0.2, 0.25) is 0 Å². The predicted molar refractivity (Wildman–Crippen MR) is 89.0 cm³/mol. The third kappa shape index (κ3) is 3.74. The van der Waals surface area contributed by atoms with Crippen LogP contribution in [0.1, 0.15) is 33.6 Å². The summed E-state index contributed by atoms with van der Waals surface area (Å²) in [5.41, 5.74) is 1.68. The molecule has 0 spiro atoms. The highest BCUT2D eigenvalue weighted by molar-refractivity contribution is 9.10. The van der Waals surface area contributed by atoms with Gasteiger partial charge in [-0.25, -0.2) is 0 Å². The predicted octanol–water partition coefficient (Wildman–Crippen LogP) is 3.59. The molecule has 1 aliphatic carbocycles. The molecule has 22 heavy (non-hydrogen) atoms. The molecule has 0 aromatic heterocycles. The molecule has 5 heteroatoms. The molecule has 0 radical (unpaired) electrons. The van der Waals surface area contributed by atoms with Gasteiger partial charge in [-0.05, 0) is 55.3 Å². The maximum atomic E-state index is 12.3. The number of benzene rings is 2. The molecular formula is C17H15BrN2O2. The second kappa shape index (κ2) is 6.32. The maximum absolute atomic E-state index is 12.3. The molecule has 2 aromatic carbocycles. The van der Waals surface area contributed by atoms with E-state index in [0.29, 0.717) is 22.9 Å². The van der Waals surface area contributed by atoms with E-state index in [9.17, 15) is 9.59 Å². The number of carbonyl (C=O) groups excluding carboxylic acids is 2. The summed E-state index contributed by atoms with van der Waals surface area (Å²) in [6, 6.07) is 14.4. The fraction of sp³-hybridized carbons (Fsp3) is 0.176. The van der Waals surface area contributed by atoms with E-state index in [2.05, 4.69) is 26.6 Å². The highest BCUT2D eigenvalue weighted by Gasteiger charge is 2.24. The lowest BCUT2D eigenvalue weighted by Gasteiger charge is -2.07. The second-order valence-corrected chi connectivity index (χ2v) is 6.21. The van der Waals surface area contributed by atoms with Gasteiger partial charge < -0.3 is 10.6 Å². The van der Waals surface area contributed by atoms with Crippen molar-refractivity contribution in [3.8, 4) is 0 Å². The number of anilines is 1. The van der Waals surface area contributed by atoms with Crippen LogP contribution in [0.15, 0.2) is 53.0 Å². The van der Waals surface area contributed by atoms with Crippen molar-refractivity contribution >= 4 is 33.4 Å². The highest BCUT2D eigenvalue weighted by atomic mass is 79.9. The summed E-state index contributed by atoms with van der Waals surface area (Å²) >= 11 is 3.35. The third-order valence-electron chi connectivity index (χ3n) is 3.40. The average molecular weight is 359 g/mol. The molecule has 0 atom stereocenters. The quantitative estimate of drug-likeness (QED) is 0.877. The Bertz CT molecular complexity index is 709. The van der Waals surface area contributed by atoms with E-state index in [0.717, 1.165) is 17.3 Å². The minimum Gasteiger partial charge on any atom is -0.349 e. The van der Waals surface area contributed by atoms with Crippen molar-refractivity contribution in [1.82, 2.24) is 5.32 Å². The summed E-state index contributed by atoms with van der Waals surface area (Å²) in [5, 5.41) is 5.73. The number of hydrogen-bond donors (Lipinski definition) is 2. The van der Waals surface area contributed by atoms with Gasteiger partial charge >= 0.3 is 0 Å². The molecule has 2 N–H and O–H groups in total. The molecule has 0 bridgehead atoms. The van der Waals surface area contributed by atoms with Crippen LogP contribution >= 0.6 is 15.9 Å². The number of rotatable bonds is 4. The van der Waals surface area contributed by atoms with Crippen LogP contribution in [0.5, 0.6) is 0 Å². The Morgan fingerprint density at radius 1 is 0.955 bits per heavy atom. The molecule has 2 amide bonds. The van der Waals surface area contributed by atoms with Crippen molar-refractivity contribution in [2.45, 2.75) is 18.9 Å². The van der Waals surface area contributed by atoms with Crippen molar-refractivity contribution < 1.29 is 9.59 Å². The molecule has 2 aromatic rings. The van der Waals surface area contributed by atoms with Crippen molar-refractivity contribution in [1.29, 1.82) is 0 Å².